The Morgan fingerprint density at radius 3 is 3.05 bits per heavy atom. The summed E-state index contributed by atoms with van der Waals surface area (Å²) >= 11 is 3.57. The van der Waals surface area contributed by atoms with Gasteiger partial charge in [0.2, 0.25) is 0 Å². The van der Waals surface area contributed by atoms with Crippen LogP contribution < -0.4 is 10.1 Å². The summed E-state index contributed by atoms with van der Waals surface area (Å²) in [5.74, 6) is 1.20. The van der Waals surface area contributed by atoms with Gasteiger partial charge in [0.25, 0.3) is 0 Å². The maximum atomic E-state index is 9.24. The van der Waals surface area contributed by atoms with Crippen LogP contribution in [0, 0.1) is 17.2 Å². The van der Waals surface area contributed by atoms with Gasteiger partial charge in [-0.2, -0.15) is 5.26 Å². The Bertz CT molecular complexity index is 538. The number of halogens is 1. The average molecular weight is 335 g/mol. The first kappa shape index (κ1) is 13.9. The van der Waals surface area contributed by atoms with Crippen LogP contribution in [-0.2, 0) is 13.0 Å². The molecule has 2 atom stereocenters. The second-order valence-corrected chi connectivity index (χ2v) is 6.57. The number of rotatable bonds is 3. The fourth-order valence-corrected chi connectivity index (χ4v) is 3.80. The molecule has 0 aromatic heterocycles. The van der Waals surface area contributed by atoms with Gasteiger partial charge < -0.3 is 10.1 Å². The Morgan fingerprint density at radius 2 is 2.20 bits per heavy atom. The van der Waals surface area contributed by atoms with E-state index in [1.54, 1.807) is 0 Å². The van der Waals surface area contributed by atoms with Gasteiger partial charge in [-0.3, -0.25) is 0 Å². The first-order valence-electron chi connectivity index (χ1n) is 7.35. The summed E-state index contributed by atoms with van der Waals surface area (Å²) in [5.41, 5.74) is 2.49. The summed E-state index contributed by atoms with van der Waals surface area (Å²) in [7, 11) is 0. The molecule has 0 saturated heterocycles. The van der Waals surface area contributed by atoms with Crippen molar-refractivity contribution in [3.8, 4) is 11.8 Å². The second-order valence-electron chi connectivity index (χ2n) is 5.66. The Balaban J connectivity index is 1.71. The minimum atomic E-state index is 0.157. The van der Waals surface area contributed by atoms with Crippen molar-refractivity contribution < 1.29 is 4.74 Å². The van der Waals surface area contributed by atoms with Crippen molar-refractivity contribution in [1.29, 1.82) is 5.26 Å². The number of ether oxygens (including phenoxy) is 1. The average Bonchev–Trinajstić information content (AvgIpc) is 2.93. The van der Waals surface area contributed by atoms with E-state index in [2.05, 4.69) is 39.4 Å². The summed E-state index contributed by atoms with van der Waals surface area (Å²) < 4.78 is 6.86. The van der Waals surface area contributed by atoms with Crippen LogP contribution in [0.15, 0.2) is 16.6 Å². The fraction of sp³-hybridized carbons (Fsp3) is 0.562. The van der Waals surface area contributed by atoms with Gasteiger partial charge in [-0.15, -0.1) is 0 Å². The molecular weight excluding hydrogens is 316 g/mol. The molecule has 0 bridgehead atoms. The van der Waals surface area contributed by atoms with Crippen molar-refractivity contribution in [3.63, 3.8) is 0 Å². The quantitative estimate of drug-likeness (QED) is 0.919. The summed E-state index contributed by atoms with van der Waals surface area (Å²) in [5, 5.41) is 12.8. The lowest BCUT2D eigenvalue weighted by Crippen LogP contribution is -2.37. The van der Waals surface area contributed by atoms with Crippen LogP contribution in [0.1, 0.15) is 36.8 Å². The molecule has 0 spiro atoms. The van der Waals surface area contributed by atoms with Crippen LogP contribution in [0.4, 0.5) is 0 Å². The molecule has 1 aliphatic heterocycles. The molecule has 1 saturated carbocycles. The van der Waals surface area contributed by atoms with Crippen molar-refractivity contribution in [3.05, 3.63) is 27.7 Å². The molecule has 0 radical (unpaired) electrons. The van der Waals surface area contributed by atoms with Gasteiger partial charge in [0.15, 0.2) is 0 Å². The van der Waals surface area contributed by atoms with Crippen LogP contribution in [0.2, 0.25) is 0 Å². The van der Waals surface area contributed by atoms with E-state index in [9.17, 15) is 5.26 Å². The third-order valence-corrected chi connectivity index (χ3v) is 4.77. The first-order valence-corrected chi connectivity index (χ1v) is 8.14. The van der Waals surface area contributed by atoms with Crippen LogP contribution in [0.5, 0.6) is 5.75 Å². The molecular formula is C16H19BrN2O. The van der Waals surface area contributed by atoms with E-state index in [1.807, 2.05) is 0 Å². The normalized spacial score (nSPS) is 24.8. The zero-order valence-corrected chi connectivity index (χ0v) is 13.1. The third-order valence-electron chi connectivity index (χ3n) is 4.31. The highest BCUT2D eigenvalue weighted by molar-refractivity contribution is 9.10. The molecule has 2 unspecified atom stereocenters. The molecule has 1 N–H and O–H groups in total. The van der Waals surface area contributed by atoms with E-state index in [0.29, 0.717) is 6.04 Å². The Kier molecular flexibility index (Phi) is 4.28. The molecule has 2 aliphatic rings. The van der Waals surface area contributed by atoms with Gasteiger partial charge in [0.1, 0.15) is 5.75 Å². The molecule has 106 valence electrons. The highest BCUT2D eigenvalue weighted by atomic mass is 79.9. The predicted octanol–water partition coefficient (Wildman–Crippen LogP) is 3.56. The minimum Gasteiger partial charge on any atom is -0.493 e. The number of benzene rings is 1. The molecule has 1 aliphatic carbocycles. The number of fused-ring (bicyclic) bond motifs is 1. The molecule has 4 heteroatoms. The van der Waals surface area contributed by atoms with E-state index < -0.39 is 0 Å². The van der Waals surface area contributed by atoms with E-state index in [-0.39, 0.29) is 5.92 Å². The standard InChI is InChI=1S/C16H19BrN2O/c17-14-7-11-5-6-20-16(11)13(8-14)10-19-15-4-2-1-3-12(15)9-18/h7-8,12,15,19H,1-6,10H2. The van der Waals surface area contributed by atoms with Crippen molar-refractivity contribution in [2.24, 2.45) is 5.92 Å². The second kappa shape index (κ2) is 6.15. The highest BCUT2D eigenvalue weighted by Crippen LogP contribution is 2.33. The third kappa shape index (κ3) is 2.84. The first-order chi connectivity index (χ1) is 9.78. The SMILES string of the molecule is N#CC1CCCCC1NCc1cc(Br)cc2c1OCC2. The van der Waals surface area contributed by atoms with Crippen LogP contribution in [0.25, 0.3) is 0 Å². The van der Waals surface area contributed by atoms with E-state index in [0.717, 1.165) is 42.6 Å². The molecule has 0 amide bonds. The van der Waals surface area contributed by atoms with Gasteiger partial charge in [0, 0.05) is 29.0 Å². The van der Waals surface area contributed by atoms with Gasteiger partial charge >= 0.3 is 0 Å². The minimum absolute atomic E-state index is 0.157. The highest BCUT2D eigenvalue weighted by Gasteiger charge is 2.25. The Morgan fingerprint density at radius 1 is 1.35 bits per heavy atom. The molecule has 1 aromatic carbocycles. The molecule has 20 heavy (non-hydrogen) atoms. The monoisotopic (exact) mass is 334 g/mol. The Labute approximate surface area is 128 Å². The summed E-state index contributed by atoms with van der Waals surface area (Å²) in [4.78, 5) is 0. The lowest BCUT2D eigenvalue weighted by atomic mass is 9.85. The molecule has 3 nitrogen and oxygen atoms in total. The zero-order valence-electron chi connectivity index (χ0n) is 11.5. The lowest BCUT2D eigenvalue weighted by molar-refractivity contribution is 0.307. The van der Waals surface area contributed by atoms with Crippen molar-refractivity contribution in [2.45, 2.75) is 44.7 Å². The number of hydrogen-bond acceptors (Lipinski definition) is 3. The lowest BCUT2D eigenvalue weighted by Gasteiger charge is -2.28. The predicted molar refractivity (Wildman–Crippen MR) is 81.5 cm³/mol. The van der Waals surface area contributed by atoms with Crippen molar-refractivity contribution in [2.75, 3.05) is 6.61 Å². The van der Waals surface area contributed by atoms with Crippen molar-refractivity contribution in [1.82, 2.24) is 5.32 Å². The van der Waals surface area contributed by atoms with Gasteiger partial charge in [0.05, 0.1) is 18.6 Å². The molecule has 1 aromatic rings. The van der Waals surface area contributed by atoms with Crippen LogP contribution in [0.3, 0.4) is 0 Å². The van der Waals surface area contributed by atoms with E-state index in [1.165, 1.54) is 24.0 Å². The van der Waals surface area contributed by atoms with Gasteiger partial charge in [-0.25, -0.2) is 0 Å². The van der Waals surface area contributed by atoms with E-state index in [4.69, 9.17) is 4.74 Å². The fourth-order valence-electron chi connectivity index (χ4n) is 3.25. The van der Waals surface area contributed by atoms with E-state index >= 15 is 0 Å². The number of nitrogens with one attached hydrogen (secondary N) is 1. The summed E-state index contributed by atoms with van der Waals surface area (Å²) in [6.07, 6.45) is 5.54. The zero-order chi connectivity index (χ0) is 13.9. The van der Waals surface area contributed by atoms with Crippen LogP contribution in [-0.4, -0.2) is 12.6 Å². The largest absolute Gasteiger partial charge is 0.493 e. The Hall–Kier alpha value is -1.05. The molecule has 3 rings (SSSR count). The maximum absolute atomic E-state index is 9.24. The molecule has 1 fully saturated rings. The van der Waals surface area contributed by atoms with Gasteiger partial charge in [-0.1, -0.05) is 28.8 Å². The smallest absolute Gasteiger partial charge is 0.127 e. The number of nitriles is 1. The van der Waals surface area contributed by atoms with Gasteiger partial charge in [-0.05, 0) is 30.5 Å². The topological polar surface area (TPSA) is 45.0 Å². The maximum Gasteiger partial charge on any atom is 0.127 e. The summed E-state index contributed by atoms with van der Waals surface area (Å²) in [6.45, 7) is 1.56. The number of nitrogens with zero attached hydrogens (tertiary/aromatic N) is 1. The number of hydrogen-bond donors (Lipinski definition) is 1. The van der Waals surface area contributed by atoms with Crippen molar-refractivity contribution >= 4 is 15.9 Å². The van der Waals surface area contributed by atoms with Crippen LogP contribution >= 0.6 is 15.9 Å². The molecule has 1 heterocycles. The summed E-state index contributed by atoms with van der Waals surface area (Å²) in [6, 6.07) is 7.04.